The zero-order valence-electron chi connectivity index (χ0n) is 11.7. The molecule has 0 spiro atoms. The quantitative estimate of drug-likeness (QED) is 0.876. The Labute approximate surface area is 114 Å². The lowest BCUT2D eigenvalue weighted by Gasteiger charge is -2.20. The molecular formula is C15H22N2O2. The Balaban J connectivity index is 2.34. The van der Waals surface area contributed by atoms with Crippen molar-refractivity contribution in [2.45, 2.75) is 32.4 Å². The normalized spacial score (nSPS) is 13.3. The maximum Gasteiger partial charge on any atom is 0.407 e. The van der Waals surface area contributed by atoms with Crippen molar-refractivity contribution in [3.63, 3.8) is 0 Å². The fourth-order valence-corrected chi connectivity index (χ4v) is 1.38. The van der Waals surface area contributed by atoms with Crippen molar-refractivity contribution in [3.05, 3.63) is 42.0 Å². The van der Waals surface area contributed by atoms with Crippen molar-refractivity contribution in [2.24, 2.45) is 5.73 Å². The van der Waals surface area contributed by atoms with E-state index >= 15 is 0 Å². The maximum absolute atomic E-state index is 11.4. The van der Waals surface area contributed by atoms with Gasteiger partial charge >= 0.3 is 6.09 Å². The van der Waals surface area contributed by atoms with Gasteiger partial charge in [-0.1, -0.05) is 42.5 Å². The molecule has 0 fully saturated rings. The molecule has 1 aromatic carbocycles. The molecule has 0 aromatic heterocycles. The number of hydrogen-bond acceptors (Lipinski definition) is 3. The zero-order chi connectivity index (χ0) is 14.3. The SMILES string of the molecule is CC(C)(C)OC(=O)NCC(N)/C=C/c1ccccc1. The minimum absolute atomic E-state index is 0.243. The molecule has 0 aliphatic rings. The number of carbonyl (C=O) groups excluding carboxylic acids is 1. The fraction of sp³-hybridized carbons (Fsp3) is 0.400. The van der Waals surface area contributed by atoms with Crippen LogP contribution in [-0.2, 0) is 4.74 Å². The average molecular weight is 262 g/mol. The van der Waals surface area contributed by atoms with Crippen LogP contribution in [0.3, 0.4) is 0 Å². The number of nitrogens with one attached hydrogen (secondary N) is 1. The fourth-order valence-electron chi connectivity index (χ4n) is 1.38. The van der Waals surface area contributed by atoms with Crippen LogP contribution in [0.4, 0.5) is 4.79 Å². The lowest BCUT2D eigenvalue weighted by molar-refractivity contribution is 0.0526. The molecule has 0 saturated heterocycles. The molecule has 0 bridgehead atoms. The minimum atomic E-state index is -0.492. The van der Waals surface area contributed by atoms with E-state index in [0.717, 1.165) is 5.56 Å². The second-order valence-corrected chi connectivity index (χ2v) is 5.32. The number of ether oxygens (including phenoxy) is 1. The summed E-state index contributed by atoms with van der Waals surface area (Å²) in [4.78, 5) is 11.4. The molecule has 4 heteroatoms. The van der Waals surface area contributed by atoms with Crippen LogP contribution in [0.1, 0.15) is 26.3 Å². The van der Waals surface area contributed by atoms with Crippen LogP contribution in [0.25, 0.3) is 6.08 Å². The molecular weight excluding hydrogens is 240 g/mol. The molecule has 0 aliphatic carbocycles. The van der Waals surface area contributed by atoms with E-state index in [1.54, 1.807) is 0 Å². The topological polar surface area (TPSA) is 64.3 Å². The summed E-state index contributed by atoms with van der Waals surface area (Å²) in [5.41, 5.74) is 6.46. The Morgan fingerprint density at radius 2 is 2.00 bits per heavy atom. The monoisotopic (exact) mass is 262 g/mol. The summed E-state index contributed by atoms with van der Waals surface area (Å²) in [5, 5.41) is 2.64. The summed E-state index contributed by atoms with van der Waals surface area (Å²) < 4.78 is 5.12. The zero-order valence-corrected chi connectivity index (χ0v) is 11.7. The summed E-state index contributed by atoms with van der Waals surface area (Å²) in [5.74, 6) is 0. The van der Waals surface area contributed by atoms with E-state index in [1.807, 2.05) is 63.3 Å². The molecule has 1 unspecified atom stereocenters. The molecule has 19 heavy (non-hydrogen) atoms. The molecule has 3 N–H and O–H groups in total. The van der Waals surface area contributed by atoms with Crippen LogP contribution < -0.4 is 11.1 Å². The van der Waals surface area contributed by atoms with E-state index in [4.69, 9.17) is 10.5 Å². The summed E-state index contributed by atoms with van der Waals surface area (Å²) in [6.07, 6.45) is 3.34. The minimum Gasteiger partial charge on any atom is -0.444 e. The predicted molar refractivity (Wildman–Crippen MR) is 77.7 cm³/mol. The second-order valence-electron chi connectivity index (χ2n) is 5.32. The number of rotatable bonds is 4. The molecule has 0 saturated carbocycles. The van der Waals surface area contributed by atoms with Crippen LogP contribution >= 0.6 is 0 Å². The lowest BCUT2D eigenvalue weighted by atomic mass is 10.2. The summed E-state index contributed by atoms with van der Waals surface area (Å²) >= 11 is 0. The molecule has 1 aromatic rings. The summed E-state index contributed by atoms with van der Waals surface area (Å²) in [6, 6.07) is 9.62. The van der Waals surface area contributed by atoms with Crippen molar-refractivity contribution in [1.82, 2.24) is 5.32 Å². The van der Waals surface area contributed by atoms with Crippen molar-refractivity contribution in [1.29, 1.82) is 0 Å². The largest absolute Gasteiger partial charge is 0.444 e. The Morgan fingerprint density at radius 3 is 2.58 bits per heavy atom. The van der Waals surface area contributed by atoms with Crippen LogP contribution in [0.5, 0.6) is 0 Å². The summed E-state index contributed by atoms with van der Waals surface area (Å²) in [7, 11) is 0. The number of benzene rings is 1. The van der Waals surface area contributed by atoms with Gasteiger partial charge < -0.3 is 15.8 Å². The highest BCUT2D eigenvalue weighted by Crippen LogP contribution is 2.06. The first kappa shape index (κ1) is 15.2. The molecule has 4 nitrogen and oxygen atoms in total. The predicted octanol–water partition coefficient (Wildman–Crippen LogP) is 2.55. The van der Waals surface area contributed by atoms with Crippen LogP contribution in [0.15, 0.2) is 36.4 Å². The van der Waals surface area contributed by atoms with Crippen molar-refractivity contribution < 1.29 is 9.53 Å². The van der Waals surface area contributed by atoms with E-state index in [0.29, 0.717) is 6.54 Å². The third-order valence-electron chi connectivity index (χ3n) is 2.22. The van der Waals surface area contributed by atoms with Gasteiger partial charge in [0.1, 0.15) is 5.60 Å². The van der Waals surface area contributed by atoms with Gasteiger partial charge in [0, 0.05) is 12.6 Å². The van der Waals surface area contributed by atoms with Gasteiger partial charge in [0.05, 0.1) is 0 Å². The van der Waals surface area contributed by atoms with E-state index in [-0.39, 0.29) is 6.04 Å². The Morgan fingerprint density at radius 1 is 1.37 bits per heavy atom. The average Bonchev–Trinajstić information content (AvgIpc) is 2.33. The summed E-state index contributed by atoms with van der Waals surface area (Å²) in [6.45, 7) is 5.81. The van der Waals surface area contributed by atoms with Crippen LogP contribution in [0.2, 0.25) is 0 Å². The molecule has 1 rings (SSSR count). The van der Waals surface area contributed by atoms with Gasteiger partial charge in [-0.25, -0.2) is 4.79 Å². The highest BCUT2D eigenvalue weighted by Gasteiger charge is 2.15. The number of hydrogen-bond donors (Lipinski definition) is 2. The molecule has 1 amide bonds. The van der Waals surface area contributed by atoms with Crippen molar-refractivity contribution >= 4 is 12.2 Å². The molecule has 0 heterocycles. The first-order chi connectivity index (χ1) is 8.87. The molecule has 1 atom stereocenters. The third-order valence-corrected chi connectivity index (χ3v) is 2.22. The third kappa shape index (κ3) is 7.26. The highest BCUT2D eigenvalue weighted by atomic mass is 16.6. The highest BCUT2D eigenvalue weighted by molar-refractivity contribution is 5.67. The van der Waals surface area contributed by atoms with Crippen molar-refractivity contribution in [3.8, 4) is 0 Å². The van der Waals surface area contributed by atoms with E-state index in [1.165, 1.54) is 0 Å². The van der Waals surface area contributed by atoms with Gasteiger partial charge in [0.25, 0.3) is 0 Å². The van der Waals surface area contributed by atoms with Gasteiger partial charge in [0.2, 0.25) is 0 Å². The Kier molecular flexibility index (Phi) is 5.57. The van der Waals surface area contributed by atoms with Crippen LogP contribution in [0, 0.1) is 0 Å². The number of nitrogens with two attached hydrogens (primary N) is 1. The smallest absolute Gasteiger partial charge is 0.407 e. The van der Waals surface area contributed by atoms with Gasteiger partial charge in [-0.05, 0) is 26.3 Å². The Hall–Kier alpha value is -1.81. The van der Waals surface area contributed by atoms with Gasteiger partial charge in [0.15, 0.2) is 0 Å². The maximum atomic E-state index is 11.4. The number of amides is 1. The Bertz CT molecular complexity index is 422. The lowest BCUT2D eigenvalue weighted by Crippen LogP contribution is -2.39. The standard InChI is InChI=1S/C15H22N2O2/c1-15(2,3)19-14(18)17-11-13(16)10-9-12-7-5-4-6-8-12/h4-10,13H,11,16H2,1-3H3,(H,17,18)/b10-9+. The second kappa shape index (κ2) is 6.95. The first-order valence-electron chi connectivity index (χ1n) is 6.32. The number of carbonyl (C=O) groups is 1. The molecule has 104 valence electrons. The van der Waals surface area contributed by atoms with Gasteiger partial charge in [-0.15, -0.1) is 0 Å². The van der Waals surface area contributed by atoms with E-state index < -0.39 is 11.7 Å². The van der Waals surface area contributed by atoms with Crippen LogP contribution in [-0.4, -0.2) is 24.3 Å². The van der Waals surface area contributed by atoms with Gasteiger partial charge in [-0.2, -0.15) is 0 Å². The van der Waals surface area contributed by atoms with E-state index in [2.05, 4.69) is 5.32 Å². The first-order valence-corrected chi connectivity index (χ1v) is 6.32. The van der Waals surface area contributed by atoms with Crippen molar-refractivity contribution in [2.75, 3.05) is 6.54 Å². The van der Waals surface area contributed by atoms with E-state index in [9.17, 15) is 4.79 Å². The van der Waals surface area contributed by atoms with Gasteiger partial charge in [-0.3, -0.25) is 0 Å². The molecule has 0 radical (unpaired) electrons. The number of alkyl carbamates (subject to hydrolysis) is 1. The molecule has 0 aliphatic heterocycles.